The van der Waals surface area contributed by atoms with Gasteiger partial charge in [0.2, 0.25) is 15.9 Å². The molecule has 1 aromatic carbocycles. The molecule has 0 saturated carbocycles. The maximum Gasteiger partial charge on any atom is 0.265 e. The van der Waals surface area contributed by atoms with Crippen molar-refractivity contribution in [3.63, 3.8) is 0 Å². The zero-order valence-corrected chi connectivity index (χ0v) is 18.0. The van der Waals surface area contributed by atoms with Crippen molar-refractivity contribution < 1.29 is 22.7 Å². The van der Waals surface area contributed by atoms with E-state index < -0.39 is 10.0 Å². The number of sulfonamides is 1. The quantitative estimate of drug-likeness (QED) is 0.752. The number of hydrogen-bond acceptors (Lipinski definition) is 5. The first-order chi connectivity index (χ1) is 13.7. The van der Waals surface area contributed by atoms with E-state index in [0.29, 0.717) is 30.4 Å². The van der Waals surface area contributed by atoms with Gasteiger partial charge in [0.1, 0.15) is 12.3 Å². The summed E-state index contributed by atoms with van der Waals surface area (Å²) in [6.45, 7) is 6.57. The van der Waals surface area contributed by atoms with E-state index in [9.17, 15) is 18.0 Å². The number of piperidine rings is 1. The van der Waals surface area contributed by atoms with Crippen LogP contribution >= 0.6 is 0 Å². The molecule has 9 heteroatoms. The molecule has 2 amide bonds. The van der Waals surface area contributed by atoms with Crippen LogP contribution in [0.3, 0.4) is 0 Å². The van der Waals surface area contributed by atoms with E-state index in [1.807, 2.05) is 13.8 Å². The second kappa shape index (κ2) is 8.71. The Morgan fingerprint density at radius 3 is 2.66 bits per heavy atom. The summed E-state index contributed by atoms with van der Waals surface area (Å²) >= 11 is 0. The fourth-order valence-electron chi connectivity index (χ4n) is 3.46. The Labute approximate surface area is 172 Å². The molecule has 0 bridgehead atoms. The Balaban J connectivity index is 1.86. The van der Waals surface area contributed by atoms with Gasteiger partial charge in [-0.15, -0.1) is 0 Å². The predicted octanol–water partition coefficient (Wildman–Crippen LogP) is 1.75. The molecular weight excluding hydrogens is 394 g/mol. The topological polar surface area (TPSA) is 96.0 Å². The molecule has 160 valence electrons. The summed E-state index contributed by atoms with van der Waals surface area (Å²) in [7, 11) is -3.67. The number of carbonyl (C=O) groups excluding carboxylic acids is 2. The van der Waals surface area contributed by atoms with Crippen molar-refractivity contribution in [2.45, 2.75) is 51.0 Å². The average molecular weight is 424 g/mol. The van der Waals surface area contributed by atoms with Crippen LogP contribution in [-0.2, 0) is 19.6 Å². The van der Waals surface area contributed by atoms with Crippen LogP contribution in [0.15, 0.2) is 23.1 Å². The molecule has 2 heterocycles. The number of fused-ring (bicyclic) bond motifs is 1. The zero-order valence-electron chi connectivity index (χ0n) is 17.2. The normalized spacial score (nSPS) is 19.4. The van der Waals surface area contributed by atoms with Crippen molar-refractivity contribution in [2.75, 3.05) is 31.1 Å². The van der Waals surface area contributed by atoms with Crippen LogP contribution < -0.4 is 15.0 Å². The van der Waals surface area contributed by atoms with E-state index in [1.165, 1.54) is 21.3 Å². The van der Waals surface area contributed by atoms with Crippen LogP contribution in [0.4, 0.5) is 5.69 Å². The van der Waals surface area contributed by atoms with E-state index in [4.69, 9.17) is 4.74 Å². The third-order valence-corrected chi connectivity index (χ3v) is 7.47. The molecule has 1 N–H and O–H groups in total. The third kappa shape index (κ3) is 4.72. The number of amides is 2. The first kappa shape index (κ1) is 21.6. The molecule has 0 unspecified atom stereocenters. The molecule has 3 rings (SSSR count). The van der Waals surface area contributed by atoms with Crippen LogP contribution in [0.2, 0.25) is 0 Å². The van der Waals surface area contributed by atoms with Gasteiger partial charge < -0.3 is 10.1 Å². The van der Waals surface area contributed by atoms with Crippen LogP contribution in [0.25, 0.3) is 0 Å². The largest absolute Gasteiger partial charge is 0.482 e. The van der Waals surface area contributed by atoms with E-state index in [1.54, 1.807) is 6.07 Å². The van der Waals surface area contributed by atoms with Crippen LogP contribution in [0.1, 0.15) is 40.0 Å². The fraction of sp³-hybridized carbons (Fsp3) is 0.600. The SMILES string of the molecule is CC[C@H](C)NC(=O)CN1C(=O)COc2ccc(S(=O)(=O)N3CCC(C)CC3)cc21. The van der Waals surface area contributed by atoms with Crippen molar-refractivity contribution >= 4 is 27.5 Å². The van der Waals surface area contributed by atoms with E-state index in [-0.39, 0.29) is 35.9 Å². The van der Waals surface area contributed by atoms with Crippen LogP contribution in [0.5, 0.6) is 5.75 Å². The van der Waals surface area contributed by atoms with Gasteiger partial charge in [-0.2, -0.15) is 4.31 Å². The standard InChI is InChI=1S/C20H29N3O5S/c1-4-15(3)21-19(24)12-23-17-11-16(5-6-18(17)28-13-20(23)25)29(26,27)22-9-7-14(2)8-10-22/h5-6,11,14-15H,4,7-10,12-13H2,1-3H3,(H,21,24)/t15-/m0/s1. The van der Waals surface area contributed by atoms with Crippen molar-refractivity contribution in [2.24, 2.45) is 5.92 Å². The maximum atomic E-state index is 13.1. The Hall–Kier alpha value is -2.13. The van der Waals surface area contributed by atoms with Gasteiger partial charge in [-0.25, -0.2) is 8.42 Å². The maximum absolute atomic E-state index is 13.1. The lowest BCUT2D eigenvalue weighted by Crippen LogP contribution is -2.46. The second-order valence-corrected chi connectivity index (χ2v) is 9.80. The highest BCUT2D eigenvalue weighted by Crippen LogP contribution is 2.35. The average Bonchev–Trinajstić information content (AvgIpc) is 2.70. The minimum absolute atomic E-state index is 0.00804. The minimum atomic E-state index is -3.67. The lowest BCUT2D eigenvalue weighted by Gasteiger charge is -2.31. The molecule has 0 spiro atoms. The molecule has 8 nitrogen and oxygen atoms in total. The van der Waals surface area contributed by atoms with Gasteiger partial charge in [0.25, 0.3) is 5.91 Å². The van der Waals surface area contributed by atoms with Gasteiger partial charge in [-0.1, -0.05) is 13.8 Å². The van der Waals surface area contributed by atoms with Gasteiger partial charge in [-0.05, 0) is 50.3 Å². The summed E-state index contributed by atoms with van der Waals surface area (Å²) in [4.78, 5) is 26.1. The van der Waals surface area contributed by atoms with E-state index >= 15 is 0 Å². The Bertz CT molecular complexity index is 878. The molecular formula is C20H29N3O5S. The number of carbonyl (C=O) groups is 2. The van der Waals surface area contributed by atoms with Gasteiger partial charge >= 0.3 is 0 Å². The molecule has 29 heavy (non-hydrogen) atoms. The Morgan fingerprint density at radius 1 is 1.31 bits per heavy atom. The molecule has 0 radical (unpaired) electrons. The van der Waals surface area contributed by atoms with Gasteiger partial charge in [0, 0.05) is 19.1 Å². The lowest BCUT2D eigenvalue weighted by molar-refractivity contribution is -0.125. The molecule has 0 aromatic heterocycles. The summed E-state index contributed by atoms with van der Waals surface area (Å²) < 4.78 is 33.1. The highest BCUT2D eigenvalue weighted by Gasteiger charge is 2.32. The summed E-state index contributed by atoms with van der Waals surface area (Å²) in [6, 6.07) is 4.49. The number of rotatable bonds is 6. The summed E-state index contributed by atoms with van der Waals surface area (Å²) in [5.41, 5.74) is 0.312. The number of ether oxygens (including phenoxy) is 1. The molecule has 1 atom stereocenters. The van der Waals surface area contributed by atoms with Crippen molar-refractivity contribution in [1.82, 2.24) is 9.62 Å². The number of anilines is 1. The van der Waals surface area contributed by atoms with Crippen molar-refractivity contribution in [3.05, 3.63) is 18.2 Å². The van der Waals surface area contributed by atoms with Gasteiger partial charge in [0.05, 0.1) is 10.6 Å². The molecule has 0 aliphatic carbocycles. The fourth-order valence-corrected chi connectivity index (χ4v) is 4.95. The molecule has 1 saturated heterocycles. The monoisotopic (exact) mass is 423 g/mol. The summed E-state index contributed by atoms with van der Waals surface area (Å²) in [6.07, 6.45) is 2.43. The van der Waals surface area contributed by atoms with Gasteiger partial charge in [-0.3, -0.25) is 14.5 Å². The smallest absolute Gasteiger partial charge is 0.265 e. The summed E-state index contributed by atoms with van der Waals surface area (Å²) in [5, 5.41) is 2.83. The number of hydrogen-bond donors (Lipinski definition) is 1. The zero-order chi connectivity index (χ0) is 21.2. The lowest BCUT2D eigenvalue weighted by atomic mass is 10.0. The minimum Gasteiger partial charge on any atom is -0.482 e. The number of nitrogens with one attached hydrogen (secondary N) is 1. The van der Waals surface area contributed by atoms with E-state index in [2.05, 4.69) is 12.2 Å². The summed E-state index contributed by atoms with van der Waals surface area (Å²) in [5.74, 6) is 0.236. The molecule has 1 aromatic rings. The van der Waals surface area contributed by atoms with Gasteiger partial charge in [0.15, 0.2) is 6.61 Å². The van der Waals surface area contributed by atoms with E-state index in [0.717, 1.165) is 19.3 Å². The number of benzene rings is 1. The Morgan fingerprint density at radius 2 is 2.00 bits per heavy atom. The second-order valence-electron chi connectivity index (χ2n) is 7.86. The predicted molar refractivity (Wildman–Crippen MR) is 109 cm³/mol. The molecule has 2 aliphatic heterocycles. The Kier molecular flexibility index (Phi) is 6.48. The molecule has 1 fully saturated rings. The highest BCUT2D eigenvalue weighted by molar-refractivity contribution is 7.89. The van der Waals surface area contributed by atoms with Crippen molar-refractivity contribution in [1.29, 1.82) is 0 Å². The molecule has 2 aliphatic rings. The number of nitrogens with zero attached hydrogens (tertiary/aromatic N) is 2. The van der Waals surface area contributed by atoms with Crippen molar-refractivity contribution in [3.8, 4) is 5.75 Å². The van der Waals surface area contributed by atoms with Crippen LogP contribution in [-0.4, -0.2) is 56.8 Å². The first-order valence-electron chi connectivity index (χ1n) is 10.1. The first-order valence-corrected chi connectivity index (χ1v) is 11.5. The highest BCUT2D eigenvalue weighted by atomic mass is 32.2. The van der Waals surface area contributed by atoms with Crippen LogP contribution in [0, 0.1) is 5.92 Å². The third-order valence-electron chi connectivity index (χ3n) is 5.58.